The number of hydrogen-bond donors (Lipinski definition) is 0. The molecule has 26 heavy (non-hydrogen) atoms. The smallest absolute Gasteiger partial charge is 0.233 e. The Labute approximate surface area is 158 Å². The molecule has 1 amide bonds. The zero-order chi connectivity index (χ0) is 18.5. The Balaban J connectivity index is 1.74. The normalized spacial score (nSPS) is 16.7. The van der Waals surface area contributed by atoms with E-state index in [1.165, 1.54) is 5.56 Å². The van der Waals surface area contributed by atoms with Crippen LogP contribution in [0.25, 0.3) is 0 Å². The molecule has 6 heteroatoms. The Kier molecular flexibility index (Phi) is 5.93. The molecule has 1 unspecified atom stereocenters. The van der Waals surface area contributed by atoms with Crippen LogP contribution >= 0.6 is 11.8 Å². The van der Waals surface area contributed by atoms with Gasteiger partial charge < -0.3 is 19.1 Å². The van der Waals surface area contributed by atoms with Crippen molar-refractivity contribution in [1.82, 2.24) is 4.90 Å². The average molecular weight is 373 g/mol. The van der Waals surface area contributed by atoms with E-state index in [1.54, 1.807) is 33.1 Å². The Morgan fingerprint density at radius 2 is 1.73 bits per heavy atom. The number of methoxy groups -OCH3 is 3. The summed E-state index contributed by atoms with van der Waals surface area (Å²) >= 11 is 1.65. The molecule has 1 saturated heterocycles. The van der Waals surface area contributed by atoms with Crippen molar-refractivity contribution in [2.24, 2.45) is 0 Å². The van der Waals surface area contributed by atoms with Crippen molar-refractivity contribution in [2.75, 3.05) is 33.6 Å². The van der Waals surface area contributed by atoms with Crippen molar-refractivity contribution in [3.05, 3.63) is 53.6 Å². The largest absolute Gasteiger partial charge is 0.497 e. The third kappa shape index (κ3) is 3.90. The van der Waals surface area contributed by atoms with Gasteiger partial charge in [0.05, 0.1) is 27.1 Å². The fraction of sp³-hybridized carbons (Fsp3) is 0.350. The number of thioether (sulfide) groups is 1. The Hall–Kier alpha value is -2.34. The lowest BCUT2D eigenvalue weighted by Crippen LogP contribution is -2.30. The van der Waals surface area contributed by atoms with Gasteiger partial charge in [0.2, 0.25) is 5.91 Å². The molecule has 5 nitrogen and oxygen atoms in total. The molecular weight excluding hydrogens is 350 g/mol. The highest BCUT2D eigenvalue weighted by molar-refractivity contribution is 8.00. The number of benzene rings is 2. The van der Waals surface area contributed by atoms with Gasteiger partial charge in [0, 0.05) is 6.54 Å². The Morgan fingerprint density at radius 3 is 2.38 bits per heavy atom. The summed E-state index contributed by atoms with van der Waals surface area (Å²) in [5.41, 5.74) is 2.23. The molecule has 0 radical (unpaired) electrons. The number of amides is 1. The molecule has 0 spiro atoms. The molecule has 0 aliphatic carbocycles. The third-order valence-corrected chi connectivity index (χ3v) is 5.72. The van der Waals surface area contributed by atoms with Crippen LogP contribution in [0.2, 0.25) is 0 Å². The van der Waals surface area contributed by atoms with Crippen LogP contribution in [0.1, 0.15) is 16.5 Å². The van der Waals surface area contributed by atoms with E-state index in [1.807, 2.05) is 47.4 Å². The van der Waals surface area contributed by atoms with Gasteiger partial charge >= 0.3 is 0 Å². The van der Waals surface area contributed by atoms with Crippen LogP contribution in [0.3, 0.4) is 0 Å². The second-order valence-electron chi connectivity index (χ2n) is 5.96. The van der Waals surface area contributed by atoms with Gasteiger partial charge in [-0.15, -0.1) is 11.8 Å². The first-order valence-corrected chi connectivity index (χ1v) is 9.47. The van der Waals surface area contributed by atoms with Crippen LogP contribution in [0, 0.1) is 0 Å². The zero-order valence-corrected chi connectivity index (χ0v) is 16.0. The fourth-order valence-corrected chi connectivity index (χ4v) is 4.23. The van der Waals surface area contributed by atoms with Gasteiger partial charge in [-0.1, -0.05) is 18.2 Å². The molecule has 3 rings (SSSR count). The van der Waals surface area contributed by atoms with E-state index >= 15 is 0 Å². The number of ether oxygens (including phenoxy) is 3. The molecule has 2 aromatic rings. The van der Waals surface area contributed by atoms with Gasteiger partial charge in [-0.25, -0.2) is 0 Å². The minimum atomic E-state index is 0.000513. The maximum absolute atomic E-state index is 12.4. The van der Waals surface area contributed by atoms with E-state index in [0.717, 1.165) is 17.7 Å². The number of carbonyl (C=O) groups excluding carboxylic acids is 1. The van der Waals surface area contributed by atoms with Crippen LogP contribution < -0.4 is 14.2 Å². The number of carbonyl (C=O) groups is 1. The third-order valence-electron chi connectivity index (χ3n) is 4.46. The van der Waals surface area contributed by atoms with Gasteiger partial charge in [0.25, 0.3) is 0 Å². The molecule has 1 atom stereocenters. The molecule has 2 aromatic carbocycles. The molecule has 0 N–H and O–H groups in total. The minimum Gasteiger partial charge on any atom is -0.497 e. The van der Waals surface area contributed by atoms with Crippen molar-refractivity contribution >= 4 is 17.7 Å². The van der Waals surface area contributed by atoms with Crippen molar-refractivity contribution in [2.45, 2.75) is 11.8 Å². The van der Waals surface area contributed by atoms with E-state index in [9.17, 15) is 4.79 Å². The molecule has 1 aliphatic rings. The van der Waals surface area contributed by atoms with Gasteiger partial charge in [0.1, 0.15) is 11.1 Å². The highest BCUT2D eigenvalue weighted by Crippen LogP contribution is 2.41. The van der Waals surface area contributed by atoms with E-state index in [2.05, 4.69) is 0 Å². The van der Waals surface area contributed by atoms with Crippen molar-refractivity contribution in [1.29, 1.82) is 0 Å². The summed E-state index contributed by atoms with van der Waals surface area (Å²) in [6.45, 7) is 0.678. The maximum Gasteiger partial charge on any atom is 0.233 e. The van der Waals surface area contributed by atoms with Gasteiger partial charge in [-0.2, -0.15) is 0 Å². The fourth-order valence-electron chi connectivity index (χ4n) is 3.02. The quantitative estimate of drug-likeness (QED) is 0.743. The van der Waals surface area contributed by atoms with Crippen LogP contribution in [-0.4, -0.2) is 44.4 Å². The lowest BCUT2D eigenvalue weighted by atomic mass is 10.1. The summed E-state index contributed by atoms with van der Waals surface area (Å²) in [7, 11) is 4.89. The monoisotopic (exact) mass is 373 g/mol. The van der Waals surface area contributed by atoms with Gasteiger partial charge in [-0.3, -0.25) is 4.79 Å². The van der Waals surface area contributed by atoms with E-state index in [0.29, 0.717) is 23.8 Å². The Bertz CT molecular complexity index is 763. The lowest BCUT2D eigenvalue weighted by Gasteiger charge is -2.25. The van der Waals surface area contributed by atoms with Crippen molar-refractivity contribution < 1.29 is 19.0 Å². The molecule has 138 valence electrons. The maximum atomic E-state index is 12.4. The van der Waals surface area contributed by atoms with E-state index in [4.69, 9.17) is 14.2 Å². The van der Waals surface area contributed by atoms with Crippen LogP contribution in [0.5, 0.6) is 17.2 Å². The molecule has 0 saturated carbocycles. The van der Waals surface area contributed by atoms with Crippen molar-refractivity contribution in [3.8, 4) is 17.2 Å². The average Bonchev–Trinajstić information content (AvgIpc) is 3.06. The summed E-state index contributed by atoms with van der Waals surface area (Å²) in [5.74, 6) is 2.88. The van der Waals surface area contributed by atoms with Gasteiger partial charge in [-0.05, 0) is 41.8 Å². The molecule has 1 heterocycles. The topological polar surface area (TPSA) is 48.0 Å². The number of rotatable bonds is 7. The van der Waals surface area contributed by atoms with Gasteiger partial charge in [0.15, 0.2) is 11.5 Å². The first-order chi connectivity index (χ1) is 12.7. The SMILES string of the molecule is COc1ccc(CCN2C(=O)CSC2c2ccc(OC)c(OC)c2)cc1. The van der Waals surface area contributed by atoms with Crippen molar-refractivity contribution in [3.63, 3.8) is 0 Å². The molecular formula is C20H23NO4S. The molecule has 0 bridgehead atoms. The number of hydrogen-bond acceptors (Lipinski definition) is 5. The zero-order valence-electron chi connectivity index (χ0n) is 15.2. The molecule has 1 aliphatic heterocycles. The second-order valence-corrected chi connectivity index (χ2v) is 7.03. The van der Waals surface area contributed by atoms with Crippen LogP contribution in [0.4, 0.5) is 0 Å². The molecule has 1 fully saturated rings. The highest BCUT2D eigenvalue weighted by Gasteiger charge is 2.32. The second kappa shape index (κ2) is 8.36. The Morgan fingerprint density at radius 1 is 1.00 bits per heavy atom. The summed E-state index contributed by atoms with van der Waals surface area (Å²) in [4.78, 5) is 14.3. The first kappa shape index (κ1) is 18.5. The first-order valence-electron chi connectivity index (χ1n) is 8.42. The predicted octanol–water partition coefficient (Wildman–Crippen LogP) is 3.53. The predicted molar refractivity (Wildman–Crippen MR) is 103 cm³/mol. The molecule has 0 aromatic heterocycles. The lowest BCUT2D eigenvalue weighted by molar-refractivity contribution is -0.128. The highest BCUT2D eigenvalue weighted by atomic mass is 32.2. The standard InChI is InChI=1S/C20H23NO4S/c1-23-16-7-4-14(5-8-16)10-11-21-19(22)13-26-20(21)15-6-9-17(24-2)18(12-15)25-3/h4-9,12,20H,10-11,13H2,1-3H3. The number of nitrogens with zero attached hydrogens (tertiary/aromatic N) is 1. The minimum absolute atomic E-state index is 0.000513. The van der Waals surface area contributed by atoms with Crippen LogP contribution in [0.15, 0.2) is 42.5 Å². The van der Waals surface area contributed by atoms with E-state index < -0.39 is 0 Å². The summed E-state index contributed by atoms with van der Waals surface area (Å²) < 4.78 is 15.9. The van der Waals surface area contributed by atoms with E-state index in [-0.39, 0.29) is 11.3 Å². The summed E-state index contributed by atoms with van der Waals surface area (Å²) in [6, 6.07) is 13.8. The summed E-state index contributed by atoms with van der Waals surface area (Å²) in [5, 5.41) is 0.000513. The van der Waals surface area contributed by atoms with Crippen LogP contribution in [-0.2, 0) is 11.2 Å². The summed E-state index contributed by atoms with van der Waals surface area (Å²) in [6.07, 6.45) is 0.806.